The number of benzene rings is 1. The summed E-state index contributed by atoms with van der Waals surface area (Å²) in [6.45, 7) is 3.79. The van der Waals surface area contributed by atoms with E-state index in [0.29, 0.717) is 15.6 Å². The van der Waals surface area contributed by atoms with Gasteiger partial charge in [0.1, 0.15) is 4.99 Å². The first-order valence-corrected chi connectivity index (χ1v) is 6.74. The van der Waals surface area contributed by atoms with Crippen molar-refractivity contribution in [1.82, 2.24) is 0 Å². The maximum Gasteiger partial charge on any atom is 0.105 e. The molecule has 1 fully saturated rings. The highest BCUT2D eigenvalue weighted by atomic mass is 35.5. The Balaban J connectivity index is 2.14. The molecule has 3 N–H and O–H groups in total. The molecule has 0 saturated carbocycles. The zero-order valence-electron chi connectivity index (χ0n) is 10.3. The van der Waals surface area contributed by atoms with Gasteiger partial charge in [-0.3, -0.25) is 0 Å². The van der Waals surface area contributed by atoms with Crippen LogP contribution in [0.15, 0.2) is 18.2 Å². The van der Waals surface area contributed by atoms with Crippen LogP contribution in [0.25, 0.3) is 0 Å². The summed E-state index contributed by atoms with van der Waals surface area (Å²) in [5, 5.41) is 4.10. The third-order valence-electron chi connectivity index (χ3n) is 3.28. The summed E-state index contributed by atoms with van der Waals surface area (Å²) in [4.78, 5) is 0.323. The number of hydrogen-bond donors (Lipinski definition) is 2. The molecule has 1 aliphatic heterocycles. The lowest BCUT2D eigenvalue weighted by Crippen LogP contribution is -2.40. The fourth-order valence-corrected chi connectivity index (χ4v) is 2.60. The van der Waals surface area contributed by atoms with Gasteiger partial charge >= 0.3 is 0 Å². The average molecular weight is 285 g/mol. The van der Waals surface area contributed by atoms with E-state index < -0.39 is 0 Å². The van der Waals surface area contributed by atoms with Crippen molar-refractivity contribution in [2.45, 2.75) is 25.3 Å². The molecule has 1 aromatic rings. The molecule has 1 aliphatic rings. The Morgan fingerprint density at radius 3 is 2.67 bits per heavy atom. The van der Waals surface area contributed by atoms with E-state index in [4.69, 9.17) is 34.3 Å². The van der Waals surface area contributed by atoms with Crippen LogP contribution in [0, 0.1) is 0 Å². The number of ether oxygens (including phenoxy) is 1. The average Bonchev–Trinajstić information content (AvgIpc) is 2.28. The van der Waals surface area contributed by atoms with Crippen LogP contribution in [0.1, 0.15) is 25.3 Å². The highest BCUT2D eigenvalue weighted by Gasteiger charge is 2.27. The van der Waals surface area contributed by atoms with Gasteiger partial charge in [0.2, 0.25) is 0 Å². The summed E-state index contributed by atoms with van der Waals surface area (Å²) in [7, 11) is 0. The van der Waals surface area contributed by atoms with Crippen molar-refractivity contribution in [3.8, 4) is 0 Å². The summed E-state index contributed by atoms with van der Waals surface area (Å²) < 4.78 is 5.38. The molecule has 1 aromatic carbocycles. The predicted molar refractivity (Wildman–Crippen MR) is 79.4 cm³/mol. The van der Waals surface area contributed by atoms with Crippen LogP contribution < -0.4 is 11.1 Å². The number of halogens is 1. The SMILES string of the molecule is CC1(Nc2ccc(C(N)=S)c(Cl)c2)CCOCC1. The summed E-state index contributed by atoms with van der Waals surface area (Å²) in [5.74, 6) is 0. The molecule has 18 heavy (non-hydrogen) atoms. The molecule has 0 bridgehead atoms. The Morgan fingerprint density at radius 1 is 1.44 bits per heavy atom. The van der Waals surface area contributed by atoms with E-state index in [9.17, 15) is 0 Å². The third kappa shape index (κ3) is 3.13. The van der Waals surface area contributed by atoms with Crippen LogP contribution in [0.5, 0.6) is 0 Å². The van der Waals surface area contributed by atoms with Gasteiger partial charge in [-0.1, -0.05) is 23.8 Å². The minimum atomic E-state index is 0.0618. The molecular weight excluding hydrogens is 268 g/mol. The standard InChI is InChI=1S/C13H17ClN2OS/c1-13(4-6-17-7-5-13)16-9-2-3-10(12(15)18)11(14)8-9/h2-3,8,16H,4-7H2,1H3,(H2,15,18). The van der Waals surface area contributed by atoms with E-state index in [-0.39, 0.29) is 5.54 Å². The maximum absolute atomic E-state index is 6.16. The number of nitrogens with two attached hydrogens (primary N) is 1. The van der Waals surface area contributed by atoms with Crippen LogP contribution in [0.3, 0.4) is 0 Å². The Labute approximate surface area is 118 Å². The summed E-state index contributed by atoms with van der Waals surface area (Å²) in [6.07, 6.45) is 1.98. The van der Waals surface area contributed by atoms with Gasteiger partial charge in [-0.25, -0.2) is 0 Å². The van der Waals surface area contributed by atoms with Crippen molar-refractivity contribution < 1.29 is 4.74 Å². The molecule has 0 aromatic heterocycles. The fraction of sp³-hybridized carbons (Fsp3) is 0.462. The molecule has 0 aliphatic carbocycles. The molecular formula is C13H17ClN2OS. The molecule has 3 nitrogen and oxygen atoms in total. The Hall–Kier alpha value is -0.840. The molecule has 0 amide bonds. The molecule has 5 heteroatoms. The van der Waals surface area contributed by atoms with Crippen molar-refractivity contribution in [3.05, 3.63) is 28.8 Å². The Kier molecular flexibility index (Phi) is 4.10. The molecule has 0 unspecified atom stereocenters. The van der Waals surface area contributed by atoms with Gasteiger partial charge in [-0.2, -0.15) is 0 Å². The van der Waals surface area contributed by atoms with Crippen LogP contribution >= 0.6 is 23.8 Å². The molecule has 98 valence electrons. The lowest BCUT2D eigenvalue weighted by Gasteiger charge is -2.35. The Morgan fingerprint density at radius 2 is 2.11 bits per heavy atom. The van der Waals surface area contributed by atoms with E-state index in [1.165, 1.54) is 0 Å². The van der Waals surface area contributed by atoms with Crippen LogP contribution in [0.2, 0.25) is 5.02 Å². The summed E-state index contributed by atoms with van der Waals surface area (Å²) in [6, 6.07) is 5.69. The number of nitrogens with one attached hydrogen (secondary N) is 1. The van der Waals surface area contributed by atoms with Gasteiger partial charge in [-0.05, 0) is 38.0 Å². The van der Waals surface area contributed by atoms with E-state index in [2.05, 4.69) is 12.2 Å². The highest BCUT2D eigenvalue weighted by molar-refractivity contribution is 7.80. The zero-order chi connectivity index (χ0) is 13.2. The molecule has 0 atom stereocenters. The second kappa shape index (κ2) is 5.43. The fourth-order valence-electron chi connectivity index (χ4n) is 2.09. The van der Waals surface area contributed by atoms with Crippen molar-refractivity contribution >= 4 is 34.5 Å². The second-order valence-electron chi connectivity index (χ2n) is 4.86. The number of rotatable bonds is 3. The van der Waals surface area contributed by atoms with Crippen LogP contribution in [-0.2, 0) is 4.74 Å². The number of anilines is 1. The Bertz CT molecular complexity index is 458. The summed E-state index contributed by atoms with van der Waals surface area (Å²) in [5.41, 5.74) is 7.35. The van der Waals surface area contributed by atoms with Crippen molar-refractivity contribution in [2.24, 2.45) is 5.73 Å². The monoisotopic (exact) mass is 284 g/mol. The molecule has 2 rings (SSSR count). The zero-order valence-corrected chi connectivity index (χ0v) is 11.9. The van der Waals surface area contributed by atoms with Crippen molar-refractivity contribution in [1.29, 1.82) is 0 Å². The van der Waals surface area contributed by atoms with Gasteiger partial charge in [0, 0.05) is 30.0 Å². The minimum Gasteiger partial charge on any atom is -0.389 e. The predicted octanol–water partition coefficient (Wildman–Crippen LogP) is 2.96. The van der Waals surface area contributed by atoms with E-state index in [0.717, 1.165) is 31.7 Å². The van der Waals surface area contributed by atoms with Gasteiger partial charge < -0.3 is 15.8 Å². The van der Waals surface area contributed by atoms with Crippen LogP contribution in [-0.4, -0.2) is 23.7 Å². The largest absolute Gasteiger partial charge is 0.389 e. The normalized spacial score (nSPS) is 18.3. The first kappa shape index (κ1) is 13.6. The second-order valence-corrected chi connectivity index (χ2v) is 5.70. The van der Waals surface area contributed by atoms with E-state index in [1.54, 1.807) is 0 Å². The molecule has 0 spiro atoms. The topological polar surface area (TPSA) is 47.3 Å². The van der Waals surface area contributed by atoms with Crippen LogP contribution in [0.4, 0.5) is 5.69 Å². The van der Waals surface area contributed by atoms with E-state index in [1.807, 2.05) is 18.2 Å². The first-order valence-electron chi connectivity index (χ1n) is 5.95. The van der Waals surface area contributed by atoms with Gasteiger partial charge in [-0.15, -0.1) is 0 Å². The smallest absolute Gasteiger partial charge is 0.105 e. The minimum absolute atomic E-state index is 0.0618. The molecule has 0 radical (unpaired) electrons. The number of hydrogen-bond acceptors (Lipinski definition) is 3. The maximum atomic E-state index is 6.16. The van der Waals surface area contributed by atoms with E-state index >= 15 is 0 Å². The lowest BCUT2D eigenvalue weighted by molar-refractivity contribution is 0.0658. The van der Waals surface area contributed by atoms with Crippen molar-refractivity contribution in [3.63, 3.8) is 0 Å². The first-order chi connectivity index (χ1) is 8.50. The highest BCUT2D eigenvalue weighted by Crippen LogP contribution is 2.28. The summed E-state index contributed by atoms with van der Waals surface area (Å²) >= 11 is 11.1. The third-order valence-corrected chi connectivity index (χ3v) is 3.81. The number of thiocarbonyl (C=S) groups is 1. The van der Waals surface area contributed by atoms with Crippen molar-refractivity contribution in [2.75, 3.05) is 18.5 Å². The lowest BCUT2D eigenvalue weighted by atomic mass is 9.92. The van der Waals surface area contributed by atoms with Gasteiger partial charge in [0.05, 0.1) is 5.02 Å². The van der Waals surface area contributed by atoms with Gasteiger partial charge in [0.25, 0.3) is 0 Å². The molecule has 1 heterocycles. The van der Waals surface area contributed by atoms with Gasteiger partial charge in [0.15, 0.2) is 0 Å². The molecule has 1 saturated heterocycles. The quantitative estimate of drug-likeness (QED) is 0.838.